The molecule has 1 unspecified atom stereocenters. The Hall–Kier alpha value is -1.80. The topological polar surface area (TPSA) is 84.9 Å². The van der Waals surface area contributed by atoms with Gasteiger partial charge in [0.05, 0.1) is 18.1 Å². The van der Waals surface area contributed by atoms with Crippen molar-refractivity contribution in [2.75, 3.05) is 26.3 Å². The Balaban J connectivity index is 2.08. The first kappa shape index (κ1) is 23.5. The first-order valence-corrected chi connectivity index (χ1v) is 11.8. The van der Waals surface area contributed by atoms with Gasteiger partial charge in [-0.05, 0) is 51.7 Å². The maximum atomic E-state index is 13.1. The predicted molar refractivity (Wildman–Crippen MR) is 113 cm³/mol. The summed E-state index contributed by atoms with van der Waals surface area (Å²) in [6, 6.07) is 4.80. The number of ether oxygens (including phenoxy) is 2. The molecule has 1 aliphatic heterocycles. The van der Waals surface area contributed by atoms with E-state index < -0.39 is 10.0 Å². The number of hydrogen-bond donors (Lipinski definition) is 1. The number of piperidine rings is 1. The van der Waals surface area contributed by atoms with Gasteiger partial charge in [-0.2, -0.15) is 4.31 Å². The molecule has 0 aromatic heterocycles. The van der Waals surface area contributed by atoms with E-state index >= 15 is 0 Å². The highest BCUT2D eigenvalue weighted by Gasteiger charge is 2.33. The van der Waals surface area contributed by atoms with Crippen LogP contribution in [0.1, 0.15) is 47.5 Å². The second-order valence-electron chi connectivity index (χ2n) is 7.69. The molecule has 0 saturated carbocycles. The third kappa shape index (κ3) is 5.85. The number of hydrogen-bond acceptors (Lipinski definition) is 5. The highest BCUT2D eigenvalue weighted by molar-refractivity contribution is 7.89. The van der Waals surface area contributed by atoms with Gasteiger partial charge in [-0.1, -0.05) is 13.8 Å². The van der Waals surface area contributed by atoms with Gasteiger partial charge < -0.3 is 14.8 Å². The van der Waals surface area contributed by atoms with Crippen LogP contribution >= 0.6 is 0 Å². The Morgan fingerprint density at radius 3 is 2.24 bits per heavy atom. The molecule has 1 saturated heterocycles. The zero-order chi connectivity index (χ0) is 21.6. The normalized spacial score (nSPS) is 17.2. The molecule has 1 aromatic carbocycles. The molecule has 1 fully saturated rings. The van der Waals surface area contributed by atoms with Crippen molar-refractivity contribution in [3.8, 4) is 11.5 Å². The Kier molecular flexibility index (Phi) is 8.34. The van der Waals surface area contributed by atoms with Gasteiger partial charge in [0.25, 0.3) is 0 Å². The smallest absolute Gasteiger partial charge is 0.243 e. The van der Waals surface area contributed by atoms with E-state index in [0.29, 0.717) is 56.6 Å². The standard InChI is InChI=1S/C21H34N2O5S/c1-6-27-19-9-8-18(14-20(19)28-7-2)29(25,26)23-12-10-17(11-13-23)21(24)22-16(5)15(3)4/h8-9,14-17H,6-7,10-13H2,1-5H3,(H,22,24). The van der Waals surface area contributed by atoms with Gasteiger partial charge >= 0.3 is 0 Å². The van der Waals surface area contributed by atoms with E-state index in [-0.39, 0.29) is 22.8 Å². The van der Waals surface area contributed by atoms with Crippen molar-refractivity contribution in [2.45, 2.75) is 58.4 Å². The van der Waals surface area contributed by atoms with E-state index in [4.69, 9.17) is 9.47 Å². The molecule has 1 amide bonds. The summed E-state index contributed by atoms with van der Waals surface area (Å²) in [4.78, 5) is 12.6. The van der Waals surface area contributed by atoms with Gasteiger partial charge in [-0.15, -0.1) is 0 Å². The van der Waals surface area contributed by atoms with Gasteiger partial charge in [-0.3, -0.25) is 4.79 Å². The molecule has 0 spiro atoms. The average molecular weight is 427 g/mol. The molecule has 0 aliphatic carbocycles. The van der Waals surface area contributed by atoms with E-state index in [1.165, 1.54) is 10.4 Å². The Morgan fingerprint density at radius 2 is 1.69 bits per heavy atom. The third-order valence-corrected chi connectivity index (χ3v) is 7.24. The largest absolute Gasteiger partial charge is 0.490 e. The molecule has 1 atom stereocenters. The lowest BCUT2D eigenvalue weighted by molar-refractivity contribution is -0.127. The Morgan fingerprint density at radius 1 is 1.10 bits per heavy atom. The average Bonchev–Trinajstić information content (AvgIpc) is 2.69. The van der Waals surface area contributed by atoms with Crippen LogP contribution in [-0.2, 0) is 14.8 Å². The van der Waals surface area contributed by atoms with Gasteiger partial charge in [0.2, 0.25) is 15.9 Å². The summed E-state index contributed by atoms with van der Waals surface area (Å²) in [7, 11) is -3.65. The highest BCUT2D eigenvalue weighted by atomic mass is 32.2. The fourth-order valence-corrected chi connectivity index (χ4v) is 4.69. The van der Waals surface area contributed by atoms with Crippen LogP contribution in [0.3, 0.4) is 0 Å². The minimum Gasteiger partial charge on any atom is -0.490 e. The van der Waals surface area contributed by atoms with Gasteiger partial charge in [0.1, 0.15) is 0 Å². The van der Waals surface area contributed by atoms with Crippen LogP contribution in [0.4, 0.5) is 0 Å². The summed E-state index contributed by atoms with van der Waals surface area (Å²) in [5, 5.41) is 3.04. The number of benzene rings is 1. The van der Waals surface area contributed by atoms with Crippen LogP contribution in [0.2, 0.25) is 0 Å². The lowest BCUT2D eigenvalue weighted by Crippen LogP contribution is -2.45. The monoisotopic (exact) mass is 426 g/mol. The molecule has 2 rings (SSSR count). The minimum absolute atomic E-state index is 0.0166. The number of sulfonamides is 1. The van der Waals surface area contributed by atoms with Gasteiger partial charge in [0, 0.05) is 31.1 Å². The van der Waals surface area contributed by atoms with Crippen LogP contribution in [0.25, 0.3) is 0 Å². The van der Waals surface area contributed by atoms with Crippen molar-refractivity contribution in [3.05, 3.63) is 18.2 Å². The van der Waals surface area contributed by atoms with Crippen LogP contribution in [0.5, 0.6) is 11.5 Å². The fourth-order valence-electron chi connectivity index (χ4n) is 3.21. The highest BCUT2D eigenvalue weighted by Crippen LogP contribution is 2.32. The molecule has 7 nitrogen and oxygen atoms in total. The van der Waals surface area contributed by atoms with E-state index in [2.05, 4.69) is 19.2 Å². The van der Waals surface area contributed by atoms with Gasteiger partial charge in [-0.25, -0.2) is 8.42 Å². The lowest BCUT2D eigenvalue weighted by Gasteiger charge is -2.31. The SMILES string of the molecule is CCOc1ccc(S(=O)(=O)N2CCC(C(=O)NC(C)C(C)C)CC2)cc1OCC. The number of nitrogens with zero attached hydrogens (tertiary/aromatic N) is 1. The lowest BCUT2D eigenvalue weighted by atomic mass is 9.96. The zero-order valence-electron chi connectivity index (χ0n) is 18.1. The van der Waals surface area contributed by atoms with Crippen molar-refractivity contribution >= 4 is 15.9 Å². The molecule has 0 radical (unpaired) electrons. The molecule has 1 heterocycles. The number of amides is 1. The summed E-state index contributed by atoms with van der Waals surface area (Å²) < 4.78 is 38.7. The molecule has 0 bridgehead atoms. The van der Waals surface area contributed by atoms with Gasteiger partial charge in [0.15, 0.2) is 11.5 Å². The van der Waals surface area contributed by atoms with Crippen LogP contribution in [0.15, 0.2) is 23.1 Å². The summed E-state index contributed by atoms with van der Waals surface area (Å²) in [5.41, 5.74) is 0. The van der Waals surface area contributed by atoms with E-state index in [9.17, 15) is 13.2 Å². The van der Waals surface area contributed by atoms with Crippen LogP contribution in [-0.4, -0.2) is 51.0 Å². The number of carbonyl (C=O) groups is 1. The van der Waals surface area contributed by atoms with Crippen LogP contribution in [0, 0.1) is 11.8 Å². The third-order valence-electron chi connectivity index (χ3n) is 5.35. The molecule has 8 heteroatoms. The fraction of sp³-hybridized carbons (Fsp3) is 0.667. The summed E-state index contributed by atoms with van der Waals surface area (Å²) in [5.74, 6) is 1.18. The van der Waals surface area contributed by atoms with E-state index in [0.717, 1.165) is 0 Å². The van der Waals surface area contributed by atoms with Crippen LogP contribution < -0.4 is 14.8 Å². The molecule has 1 aliphatic rings. The summed E-state index contributed by atoms with van der Waals surface area (Å²) in [6.45, 7) is 11.4. The first-order valence-electron chi connectivity index (χ1n) is 10.4. The molecule has 1 aromatic rings. The molecular weight excluding hydrogens is 392 g/mol. The number of nitrogens with one attached hydrogen (secondary N) is 1. The molecular formula is C21H34N2O5S. The Labute approximate surface area is 174 Å². The van der Waals surface area contributed by atoms with Crippen molar-refractivity contribution in [1.29, 1.82) is 0 Å². The predicted octanol–water partition coefficient (Wildman–Crippen LogP) is 3.05. The van der Waals surface area contributed by atoms with E-state index in [1.54, 1.807) is 12.1 Å². The van der Waals surface area contributed by atoms with Crippen molar-refractivity contribution in [1.82, 2.24) is 9.62 Å². The second-order valence-corrected chi connectivity index (χ2v) is 9.63. The number of rotatable bonds is 9. The second kappa shape index (κ2) is 10.3. The van der Waals surface area contributed by atoms with Crippen molar-refractivity contribution in [3.63, 3.8) is 0 Å². The molecule has 164 valence electrons. The first-order chi connectivity index (χ1) is 13.7. The number of carbonyl (C=O) groups excluding carboxylic acids is 1. The summed E-state index contributed by atoms with van der Waals surface area (Å²) >= 11 is 0. The van der Waals surface area contributed by atoms with E-state index in [1.807, 2.05) is 20.8 Å². The van der Waals surface area contributed by atoms with Crippen molar-refractivity contribution < 1.29 is 22.7 Å². The molecule has 1 N–H and O–H groups in total. The maximum absolute atomic E-state index is 13.1. The molecule has 29 heavy (non-hydrogen) atoms. The quantitative estimate of drug-likeness (QED) is 0.656. The summed E-state index contributed by atoms with van der Waals surface area (Å²) in [6.07, 6.45) is 1.04. The zero-order valence-corrected chi connectivity index (χ0v) is 18.9. The Bertz CT molecular complexity index is 786. The van der Waals surface area contributed by atoms with Crippen molar-refractivity contribution in [2.24, 2.45) is 11.8 Å². The maximum Gasteiger partial charge on any atom is 0.243 e. The minimum atomic E-state index is -3.65.